The van der Waals surface area contributed by atoms with Crippen LogP contribution in [0.25, 0.3) is 0 Å². The highest BCUT2D eigenvalue weighted by molar-refractivity contribution is 5.29. The van der Waals surface area contributed by atoms with Crippen molar-refractivity contribution in [2.45, 2.75) is 52.2 Å². The maximum atomic E-state index is 5.96. The van der Waals surface area contributed by atoms with Crippen LogP contribution in [0, 0.1) is 0 Å². The van der Waals surface area contributed by atoms with Gasteiger partial charge in [-0.3, -0.25) is 0 Å². The van der Waals surface area contributed by atoms with Gasteiger partial charge in [0.25, 0.3) is 0 Å². The molecule has 0 fully saturated rings. The summed E-state index contributed by atoms with van der Waals surface area (Å²) in [5, 5.41) is 3.58. The van der Waals surface area contributed by atoms with E-state index in [0.717, 1.165) is 31.7 Å². The molecule has 20 heavy (non-hydrogen) atoms. The largest absolute Gasteiger partial charge is 0.497 e. The third kappa shape index (κ3) is 5.51. The minimum atomic E-state index is 0.168. The molecule has 0 amide bonds. The van der Waals surface area contributed by atoms with Gasteiger partial charge in [-0.1, -0.05) is 32.4 Å². The lowest BCUT2D eigenvalue weighted by Gasteiger charge is -2.26. The number of hydrogen-bond donors (Lipinski definition) is 1. The summed E-state index contributed by atoms with van der Waals surface area (Å²) >= 11 is 0. The summed E-state index contributed by atoms with van der Waals surface area (Å²) < 4.78 is 11.2. The van der Waals surface area contributed by atoms with Gasteiger partial charge in [0.05, 0.1) is 19.3 Å². The van der Waals surface area contributed by atoms with Gasteiger partial charge in [-0.05, 0) is 44.0 Å². The average molecular weight is 279 g/mol. The zero-order chi connectivity index (χ0) is 14.8. The lowest BCUT2D eigenvalue weighted by atomic mass is 10.0. The van der Waals surface area contributed by atoms with E-state index < -0.39 is 0 Å². The Balaban J connectivity index is 2.70. The molecule has 0 bridgehead atoms. The molecular weight excluding hydrogens is 250 g/mol. The molecular formula is C17H29NO2. The normalized spacial score (nSPS) is 14.0. The van der Waals surface area contributed by atoms with Crippen LogP contribution in [0.3, 0.4) is 0 Å². The van der Waals surface area contributed by atoms with E-state index in [1.165, 1.54) is 12.0 Å². The summed E-state index contributed by atoms with van der Waals surface area (Å²) in [6.45, 7) is 8.34. The van der Waals surface area contributed by atoms with Crippen LogP contribution in [0.1, 0.15) is 51.6 Å². The van der Waals surface area contributed by atoms with Crippen molar-refractivity contribution in [3.63, 3.8) is 0 Å². The molecule has 0 aromatic heterocycles. The predicted molar refractivity (Wildman–Crippen MR) is 84.4 cm³/mol. The van der Waals surface area contributed by atoms with Gasteiger partial charge >= 0.3 is 0 Å². The van der Waals surface area contributed by atoms with Crippen LogP contribution in [0.2, 0.25) is 0 Å². The molecule has 3 heteroatoms. The second-order valence-electron chi connectivity index (χ2n) is 5.13. The number of nitrogens with one attached hydrogen (secondary N) is 1. The van der Waals surface area contributed by atoms with Crippen LogP contribution < -0.4 is 10.1 Å². The second-order valence-corrected chi connectivity index (χ2v) is 5.13. The van der Waals surface area contributed by atoms with Crippen LogP contribution in [0.5, 0.6) is 5.75 Å². The third-order valence-electron chi connectivity index (χ3n) is 3.44. The molecule has 1 aromatic rings. The molecule has 3 nitrogen and oxygen atoms in total. The topological polar surface area (TPSA) is 30.5 Å². The van der Waals surface area contributed by atoms with Crippen molar-refractivity contribution < 1.29 is 9.47 Å². The molecule has 0 saturated heterocycles. The van der Waals surface area contributed by atoms with Gasteiger partial charge in [-0.25, -0.2) is 0 Å². The Morgan fingerprint density at radius 2 is 1.80 bits per heavy atom. The Hall–Kier alpha value is -1.06. The molecule has 114 valence electrons. The third-order valence-corrected chi connectivity index (χ3v) is 3.44. The molecule has 2 unspecified atom stereocenters. The van der Waals surface area contributed by atoms with Crippen LogP contribution in [0.4, 0.5) is 0 Å². The molecule has 0 aliphatic rings. The Kier molecular flexibility index (Phi) is 8.31. The Morgan fingerprint density at radius 1 is 1.10 bits per heavy atom. The van der Waals surface area contributed by atoms with Crippen molar-refractivity contribution in [1.29, 1.82) is 0 Å². The molecule has 0 aliphatic carbocycles. The number of unbranched alkanes of at least 4 members (excludes halogenated alkanes) is 1. The second kappa shape index (κ2) is 9.78. The van der Waals surface area contributed by atoms with Crippen molar-refractivity contribution >= 4 is 0 Å². The lowest BCUT2D eigenvalue weighted by molar-refractivity contribution is 0.0368. The van der Waals surface area contributed by atoms with Gasteiger partial charge in [0.1, 0.15) is 5.75 Å². The summed E-state index contributed by atoms with van der Waals surface area (Å²) in [5.41, 5.74) is 1.25. The first-order valence-corrected chi connectivity index (χ1v) is 7.71. The number of hydrogen-bond acceptors (Lipinski definition) is 3. The molecule has 2 atom stereocenters. The number of rotatable bonds is 10. The van der Waals surface area contributed by atoms with E-state index in [-0.39, 0.29) is 12.1 Å². The fraction of sp³-hybridized carbons (Fsp3) is 0.647. The highest BCUT2D eigenvalue weighted by Gasteiger charge is 2.19. The molecule has 0 spiro atoms. The minimum Gasteiger partial charge on any atom is -0.497 e. The summed E-state index contributed by atoms with van der Waals surface area (Å²) in [6.07, 6.45) is 3.57. The standard InChI is InChI=1S/C17H29NO2/c1-5-7-13-20-14(3)17(18-12-6-2)15-8-10-16(19-4)11-9-15/h8-11,14,17-18H,5-7,12-13H2,1-4H3. The minimum absolute atomic E-state index is 0.168. The molecule has 1 rings (SSSR count). The molecule has 0 aliphatic heterocycles. The van der Waals surface area contributed by atoms with Crippen molar-refractivity contribution in [1.82, 2.24) is 5.32 Å². The van der Waals surface area contributed by atoms with E-state index >= 15 is 0 Å². The fourth-order valence-electron chi connectivity index (χ4n) is 2.18. The van der Waals surface area contributed by atoms with Crippen molar-refractivity contribution in [2.24, 2.45) is 0 Å². The Bertz CT molecular complexity index is 351. The van der Waals surface area contributed by atoms with Crippen LogP contribution in [0.15, 0.2) is 24.3 Å². The smallest absolute Gasteiger partial charge is 0.118 e. The van der Waals surface area contributed by atoms with Gasteiger partial charge in [0.2, 0.25) is 0 Å². The van der Waals surface area contributed by atoms with Crippen LogP contribution in [-0.4, -0.2) is 26.4 Å². The van der Waals surface area contributed by atoms with Gasteiger partial charge in [0, 0.05) is 6.61 Å². The predicted octanol–water partition coefficient (Wildman–Crippen LogP) is 3.94. The molecule has 1 N–H and O–H groups in total. The molecule has 0 radical (unpaired) electrons. The van der Waals surface area contributed by atoms with Gasteiger partial charge in [-0.2, -0.15) is 0 Å². The van der Waals surface area contributed by atoms with Gasteiger partial charge in [0.15, 0.2) is 0 Å². The summed E-state index contributed by atoms with van der Waals surface area (Å²) in [7, 11) is 1.69. The number of benzene rings is 1. The zero-order valence-corrected chi connectivity index (χ0v) is 13.3. The SMILES string of the molecule is CCCCOC(C)C(NCCC)c1ccc(OC)cc1. The quantitative estimate of drug-likeness (QED) is 0.658. The van der Waals surface area contributed by atoms with E-state index in [0.29, 0.717) is 0 Å². The fourth-order valence-corrected chi connectivity index (χ4v) is 2.18. The molecule has 0 heterocycles. The summed E-state index contributed by atoms with van der Waals surface area (Å²) in [4.78, 5) is 0. The first-order valence-electron chi connectivity index (χ1n) is 7.71. The van der Waals surface area contributed by atoms with Gasteiger partial charge < -0.3 is 14.8 Å². The van der Waals surface area contributed by atoms with Crippen LogP contribution >= 0.6 is 0 Å². The number of ether oxygens (including phenoxy) is 2. The van der Waals surface area contributed by atoms with Crippen molar-refractivity contribution in [2.75, 3.05) is 20.3 Å². The van der Waals surface area contributed by atoms with Crippen molar-refractivity contribution in [3.8, 4) is 5.75 Å². The van der Waals surface area contributed by atoms with Crippen molar-refractivity contribution in [3.05, 3.63) is 29.8 Å². The van der Waals surface area contributed by atoms with E-state index in [1.807, 2.05) is 12.1 Å². The van der Waals surface area contributed by atoms with E-state index in [2.05, 4.69) is 38.2 Å². The number of methoxy groups -OCH3 is 1. The molecule has 0 saturated carbocycles. The van der Waals surface area contributed by atoms with Crippen LogP contribution in [-0.2, 0) is 4.74 Å². The average Bonchev–Trinajstić information content (AvgIpc) is 2.48. The molecule has 1 aromatic carbocycles. The van der Waals surface area contributed by atoms with E-state index in [1.54, 1.807) is 7.11 Å². The highest BCUT2D eigenvalue weighted by atomic mass is 16.5. The first kappa shape index (κ1) is 17.0. The Morgan fingerprint density at radius 3 is 2.35 bits per heavy atom. The first-order chi connectivity index (χ1) is 9.72. The van der Waals surface area contributed by atoms with Gasteiger partial charge in [-0.15, -0.1) is 0 Å². The monoisotopic (exact) mass is 279 g/mol. The lowest BCUT2D eigenvalue weighted by Crippen LogP contribution is -2.32. The Labute approximate surface area is 123 Å². The van der Waals surface area contributed by atoms with E-state index in [4.69, 9.17) is 9.47 Å². The zero-order valence-electron chi connectivity index (χ0n) is 13.3. The summed E-state index contributed by atoms with van der Waals surface area (Å²) in [6, 6.07) is 8.49. The highest BCUT2D eigenvalue weighted by Crippen LogP contribution is 2.22. The maximum absolute atomic E-state index is 5.96. The maximum Gasteiger partial charge on any atom is 0.118 e. The summed E-state index contributed by atoms with van der Waals surface area (Å²) in [5.74, 6) is 0.891. The van der Waals surface area contributed by atoms with E-state index in [9.17, 15) is 0 Å².